The molecular formula is C18H28N4O3. The normalized spacial score (nSPS) is 16.8. The molecule has 0 aliphatic carbocycles. The second-order valence-corrected chi connectivity index (χ2v) is 6.60. The molecule has 25 heavy (non-hydrogen) atoms. The molecule has 1 aliphatic heterocycles. The van der Waals surface area contributed by atoms with E-state index in [9.17, 15) is 9.59 Å². The third kappa shape index (κ3) is 6.26. The van der Waals surface area contributed by atoms with E-state index in [1.807, 2.05) is 0 Å². The van der Waals surface area contributed by atoms with Crippen LogP contribution in [0.3, 0.4) is 0 Å². The molecule has 2 rings (SSSR count). The summed E-state index contributed by atoms with van der Waals surface area (Å²) in [6.45, 7) is 7.24. The summed E-state index contributed by atoms with van der Waals surface area (Å²) in [4.78, 5) is 25.6. The third-order valence-electron chi connectivity index (χ3n) is 4.57. The van der Waals surface area contributed by atoms with Crippen LogP contribution in [-0.4, -0.2) is 49.8 Å². The number of likely N-dealkylation sites (tertiary alicyclic amines) is 1. The Morgan fingerprint density at radius 2 is 1.72 bits per heavy atom. The summed E-state index contributed by atoms with van der Waals surface area (Å²) < 4.78 is 4.53. The first-order valence-electron chi connectivity index (χ1n) is 8.72. The zero-order chi connectivity index (χ0) is 18.2. The van der Waals surface area contributed by atoms with E-state index in [0.717, 1.165) is 19.0 Å². The predicted octanol–water partition coefficient (Wildman–Crippen LogP) is 3.11. The minimum absolute atomic E-state index is 0.231. The molecular weight excluding hydrogens is 320 g/mol. The van der Waals surface area contributed by atoms with Gasteiger partial charge in [-0.2, -0.15) is 0 Å². The fourth-order valence-corrected chi connectivity index (χ4v) is 2.82. The van der Waals surface area contributed by atoms with Gasteiger partial charge in [0.25, 0.3) is 0 Å². The zero-order valence-electron chi connectivity index (χ0n) is 15.2. The van der Waals surface area contributed by atoms with Crippen molar-refractivity contribution in [2.45, 2.75) is 32.7 Å². The van der Waals surface area contributed by atoms with E-state index >= 15 is 0 Å². The molecule has 138 valence electrons. The minimum atomic E-state index is -0.528. The molecule has 1 aromatic rings. The van der Waals surface area contributed by atoms with Crippen LogP contribution in [0.4, 0.5) is 21.0 Å². The predicted molar refractivity (Wildman–Crippen MR) is 98.9 cm³/mol. The Kier molecular flexibility index (Phi) is 7.06. The average Bonchev–Trinajstić information content (AvgIpc) is 2.62. The number of nitrogens with zero attached hydrogens (tertiary/aromatic N) is 1. The van der Waals surface area contributed by atoms with E-state index in [4.69, 9.17) is 0 Å². The highest BCUT2D eigenvalue weighted by Gasteiger charge is 2.20. The van der Waals surface area contributed by atoms with Crippen molar-refractivity contribution in [2.24, 2.45) is 5.92 Å². The van der Waals surface area contributed by atoms with Gasteiger partial charge in [0.15, 0.2) is 0 Å². The van der Waals surface area contributed by atoms with Crippen LogP contribution in [-0.2, 0) is 4.74 Å². The first-order valence-corrected chi connectivity index (χ1v) is 8.72. The van der Waals surface area contributed by atoms with Crippen LogP contribution < -0.4 is 16.0 Å². The van der Waals surface area contributed by atoms with Crippen LogP contribution in [0, 0.1) is 5.92 Å². The van der Waals surface area contributed by atoms with E-state index < -0.39 is 6.09 Å². The van der Waals surface area contributed by atoms with Crippen molar-refractivity contribution in [3.05, 3.63) is 24.3 Å². The number of rotatable bonds is 5. The van der Waals surface area contributed by atoms with Crippen molar-refractivity contribution in [3.63, 3.8) is 0 Å². The number of benzene rings is 1. The summed E-state index contributed by atoms with van der Waals surface area (Å²) >= 11 is 0. The number of piperidine rings is 1. The van der Waals surface area contributed by atoms with E-state index in [2.05, 4.69) is 39.4 Å². The number of anilines is 2. The van der Waals surface area contributed by atoms with Crippen LogP contribution in [0.2, 0.25) is 0 Å². The molecule has 3 amide bonds. The molecule has 3 N–H and O–H groups in total. The largest absolute Gasteiger partial charge is 0.453 e. The number of hydrogen-bond acceptors (Lipinski definition) is 4. The topological polar surface area (TPSA) is 82.7 Å². The Bertz CT molecular complexity index is 568. The molecule has 1 atom stereocenters. The highest BCUT2D eigenvalue weighted by atomic mass is 16.5. The van der Waals surface area contributed by atoms with Gasteiger partial charge in [-0.05, 0) is 63.0 Å². The average molecular weight is 348 g/mol. The van der Waals surface area contributed by atoms with E-state index in [-0.39, 0.29) is 6.03 Å². The smallest absolute Gasteiger partial charge is 0.411 e. The van der Waals surface area contributed by atoms with Crippen molar-refractivity contribution in [1.29, 1.82) is 0 Å². The maximum absolute atomic E-state index is 12.0. The van der Waals surface area contributed by atoms with Crippen molar-refractivity contribution >= 4 is 23.5 Å². The summed E-state index contributed by atoms with van der Waals surface area (Å²) in [6.07, 6.45) is 1.92. The third-order valence-corrected chi connectivity index (χ3v) is 4.57. The highest BCUT2D eigenvalue weighted by molar-refractivity contribution is 5.90. The van der Waals surface area contributed by atoms with E-state index in [1.54, 1.807) is 24.3 Å². The van der Waals surface area contributed by atoms with E-state index in [0.29, 0.717) is 24.0 Å². The molecule has 0 spiro atoms. The molecule has 1 saturated heterocycles. The standard InChI is InChI=1S/C18H28N4O3/c1-13-8-10-22(11-9-13)14(2)12-19-17(23)20-15-4-6-16(7-5-15)21-18(24)25-3/h4-7,13-14H,8-12H2,1-3H3,(H,21,24)(H2,19,20,23). The number of methoxy groups -OCH3 is 1. The maximum atomic E-state index is 12.0. The van der Waals surface area contributed by atoms with Crippen molar-refractivity contribution in [3.8, 4) is 0 Å². The SMILES string of the molecule is COC(=O)Nc1ccc(NC(=O)NCC(C)N2CCC(C)CC2)cc1. The summed E-state index contributed by atoms with van der Waals surface area (Å²) in [5.74, 6) is 0.802. The first-order chi connectivity index (χ1) is 12.0. The molecule has 1 fully saturated rings. The monoisotopic (exact) mass is 348 g/mol. The van der Waals surface area contributed by atoms with Gasteiger partial charge in [0.2, 0.25) is 0 Å². The Hall–Kier alpha value is -2.28. The molecule has 1 unspecified atom stereocenters. The Morgan fingerprint density at radius 1 is 1.16 bits per heavy atom. The molecule has 0 radical (unpaired) electrons. The Labute approximate surface area is 149 Å². The number of ether oxygens (including phenoxy) is 1. The number of carbonyl (C=O) groups is 2. The van der Waals surface area contributed by atoms with Crippen molar-refractivity contribution < 1.29 is 14.3 Å². The van der Waals surface area contributed by atoms with Crippen LogP contribution >= 0.6 is 0 Å². The summed E-state index contributed by atoms with van der Waals surface area (Å²) in [5, 5.41) is 8.26. The molecule has 1 aliphatic rings. The van der Waals surface area contributed by atoms with Gasteiger partial charge in [-0.15, -0.1) is 0 Å². The molecule has 7 nitrogen and oxygen atoms in total. The lowest BCUT2D eigenvalue weighted by atomic mass is 9.98. The molecule has 0 saturated carbocycles. The summed E-state index contributed by atoms with van der Waals surface area (Å²) in [6, 6.07) is 6.94. The van der Waals surface area contributed by atoms with Crippen LogP contribution in [0.25, 0.3) is 0 Å². The fraction of sp³-hybridized carbons (Fsp3) is 0.556. The Morgan fingerprint density at radius 3 is 2.28 bits per heavy atom. The minimum Gasteiger partial charge on any atom is -0.453 e. The second kappa shape index (κ2) is 9.27. The molecule has 1 aromatic carbocycles. The Balaban J connectivity index is 1.73. The van der Waals surface area contributed by atoms with Crippen LogP contribution in [0.1, 0.15) is 26.7 Å². The number of carbonyl (C=O) groups excluding carboxylic acids is 2. The number of hydrogen-bond donors (Lipinski definition) is 3. The van der Waals surface area contributed by atoms with Gasteiger partial charge >= 0.3 is 12.1 Å². The van der Waals surface area contributed by atoms with Gasteiger partial charge in [0.1, 0.15) is 0 Å². The van der Waals surface area contributed by atoms with Gasteiger partial charge in [-0.1, -0.05) is 6.92 Å². The number of nitrogens with one attached hydrogen (secondary N) is 3. The molecule has 1 heterocycles. The van der Waals surface area contributed by atoms with Crippen molar-refractivity contribution in [1.82, 2.24) is 10.2 Å². The second-order valence-electron chi connectivity index (χ2n) is 6.60. The lowest BCUT2D eigenvalue weighted by Crippen LogP contribution is -2.46. The van der Waals surface area contributed by atoms with Gasteiger partial charge < -0.3 is 15.4 Å². The molecule has 7 heteroatoms. The van der Waals surface area contributed by atoms with Gasteiger partial charge in [0, 0.05) is 24.0 Å². The number of amides is 3. The summed E-state index contributed by atoms with van der Waals surface area (Å²) in [5.41, 5.74) is 1.26. The van der Waals surface area contributed by atoms with Crippen LogP contribution in [0.15, 0.2) is 24.3 Å². The quantitative estimate of drug-likeness (QED) is 0.763. The molecule has 0 bridgehead atoms. The lowest BCUT2D eigenvalue weighted by Gasteiger charge is -2.34. The van der Waals surface area contributed by atoms with Gasteiger partial charge in [-0.3, -0.25) is 10.2 Å². The highest BCUT2D eigenvalue weighted by Crippen LogP contribution is 2.18. The first kappa shape index (κ1) is 19.1. The fourth-order valence-electron chi connectivity index (χ4n) is 2.82. The van der Waals surface area contributed by atoms with Gasteiger partial charge in [0.05, 0.1) is 7.11 Å². The van der Waals surface area contributed by atoms with E-state index in [1.165, 1.54) is 20.0 Å². The maximum Gasteiger partial charge on any atom is 0.411 e. The summed E-state index contributed by atoms with van der Waals surface area (Å²) in [7, 11) is 1.31. The van der Waals surface area contributed by atoms with Gasteiger partial charge in [-0.25, -0.2) is 9.59 Å². The lowest BCUT2D eigenvalue weighted by molar-refractivity contribution is 0.146. The van der Waals surface area contributed by atoms with Crippen LogP contribution in [0.5, 0.6) is 0 Å². The zero-order valence-corrected chi connectivity index (χ0v) is 15.2. The molecule has 0 aromatic heterocycles. The number of urea groups is 1. The van der Waals surface area contributed by atoms with Crippen molar-refractivity contribution in [2.75, 3.05) is 37.4 Å².